The summed E-state index contributed by atoms with van der Waals surface area (Å²) < 4.78 is 5.86. The van der Waals surface area contributed by atoms with Gasteiger partial charge in [-0.2, -0.15) is 0 Å². The maximum atomic E-state index is 14.1. The lowest BCUT2D eigenvalue weighted by atomic mass is 10.00. The van der Waals surface area contributed by atoms with Gasteiger partial charge in [0.15, 0.2) is 0 Å². The Balaban J connectivity index is 1.04. The highest BCUT2D eigenvalue weighted by Gasteiger charge is 2.19. The Bertz CT molecular complexity index is 3880. The van der Waals surface area contributed by atoms with Crippen LogP contribution < -0.4 is 16.4 Å². The first kappa shape index (κ1) is 37.3. The first-order valence-corrected chi connectivity index (χ1v) is 20.9. The van der Waals surface area contributed by atoms with Crippen LogP contribution in [0.1, 0.15) is 12.5 Å². The first-order chi connectivity index (χ1) is 31.0. The fourth-order valence-corrected chi connectivity index (χ4v) is 9.20. The maximum Gasteiger partial charge on any atom is 0.263 e. The van der Waals surface area contributed by atoms with Gasteiger partial charge in [-0.3, -0.25) is 18.7 Å². The predicted octanol–water partition coefficient (Wildman–Crippen LogP) is 13.0. The van der Waals surface area contributed by atoms with Crippen LogP contribution in [-0.4, -0.2) is 13.7 Å². The highest BCUT2D eigenvalue weighted by molar-refractivity contribution is 6.12. The highest BCUT2D eigenvalue weighted by Crippen LogP contribution is 2.39. The third-order valence-electron chi connectivity index (χ3n) is 12.1. The summed E-state index contributed by atoms with van der Waals surface area (Å²) in [5.41, 5.74) is 9.38. The molecular weight excluding hydrogens is 773 g/mol. The zero-order valence-corrected chi connectivity index (χ0v) is 34.3. The number of aromatic nitrogens is 3. The molecule has 1 N–H and O–H groups in total. The van der Waals surface area contributed by atoms with Crippen LogP contribution in [0.3, 0.4) is 0 Å². The van der Waals surface area contributed by atoms with Crippen molar-refractivity contribution in [1.29, 1.82) is 0 Å². The molecule has 3 aromatic heterocycles. The van der Waals surface area contributed by atoms with Crippen molar-refractivity contribution < 1.29 is 0 Å². The van der Waals surface area contributed by atoms with E-state index in [4.69, 9.17) is 6.42 Å². The molecule has 11 rings (SSSR count). The number of benzene rings is 8. The van der Waals surface area contributed by atoms with Crippen LogP contribution in [0, 0.1) is 12.3 Å². The van der Waals surface area contributed by atoms with E-state index in [1.54, 1.807) is 4.57 Å². The number of hydrogen-bond acceptors (Lipinski definition) is 3. The lowest BCUT2D eigenvalue weighted by Gasteiger charge is -2.16. The molecule has 6 heteroatoms. The second kappa shape index (κ2) is 15.1. The first-order valence-electron chi connectivity index (χ1n) is 20.9. The number of nitrogens with one attached hydrogen (secondary N) is 1. The average Bonchev–Trinajstić information content (AvgIpc) is 3.65. The number of para-hydroxylation sites is 3. The summed E-state index contributed by atoms with van der Waals surface area (Å²) >= 11 is 0. The molecule has 0 aliphatic rings. The highest BCUT2D eigenvalue weighted by atomic mass is 16.1. The van der Waals surface area contributed by atoms with E-state index in [0.29, 0.717) is 10.8 Å². The van der Waals surface area contributed by atoms with Crippen LogP contribution >= 0.6 is 0 Å². The van der Waals surface area contributed by atoms with Crippen LogP contribution in [0.25, 0.3) is 87.8 Å². The number of fused-ring (bicyclic) bond motifs is 9. The van der Waals surface area contributed by atoms with Crippen molar-refractivity contribution in [2.75, 3.05) is 5.32 Å². The number of nitrogens with zero attached hydrogens (tertiary/aromatic N) is 3. The van der Waals surface area contributed by atoms with Crippen molar-refractivity contribution in [3.63, 3.8) is 0 Å². The number of terminal acetylenes is 1. The summed E-state index contributed by atoms with van der Waals surface area (Å²) in [4.78, 5) is 28.1. The van der Waals surface area contributed by atoms with Gasteiger partial charge in [0.25, 0.3) is 11.1 Å². The molecule has 0 radical (unpaired) electrons. The van der Waals surface area contributed by atoms with Crippen molar-refractivity contribution in [2.24, 2.45) is 0 Å². The van der Waals surface area contributed by atoms with Crippen molar-refractivity contribution in [1.82, 2.24) is 13.7 Å². The van der Waals surface area contributed by atoms with Crippen molar-refractivity contribution in [3.8, 4) is 29.4 Å². The second-order valence-corrected chi connectivity index (χ2v) is 15.6. The van der Waals surface area contributed by atoms with Crippen LogP contribution in [0.15, 0.2) is 210 Å². The minimum atomic E-state index is -0.0624. The van der Waals surface area contributed by atoms with E-state index < -0.39 is 0 Å². The molecule has 298 valence electrons. The van der Waals surface area contributed by atoms with Gasteiger partial charge in [-0.1, -0.05) is 109 Å². The topological polar surface area (TPSA) is 61.0 Å². The van der Waals surface area contributed by atoms with Gasteiger partial charge in [-0.05, 0) is 115 Å². The number of allylic oxidation sites excluding steroid dienone is 4. The van der Waals surface area contributed by atoms with Gasteiger partial charge in [0.1, 0.15) is 0 Å². The molecule has 0 atom stereocenters. The van der Waals surface area contributed by atoms with E-state index >= 15 is 0 Å². The third-order valence-corrected chi connectivity index (χ3v) is 12.1. The van der Waals surface area contributed by atoms with Crippen molar-refractivity contribution in [2.45, 2.75) is 6.92 Å². The van der Waals surface area contributed by atoms with Crippen LogP contribution in [0.5, 0.6) is 0 Å². The van der Waals surface area contributed by atoms with Crippen LogP contribution in [0.2, 0.25) is 0 Å². The number of pyridine rings is 2. The third kappa shape index (κ3) is 6.06. The largest absolute Gasteiger partial charge is 0.355 e. The fraction of sp³-hybridized carbons (Fsp3) is 0.0175. The smallest absolute Gasteiger partial charge is 0.263 e. The summed E-state index contributed by atoms with van der Waals surface area (Å²) in [6.45, 7) is 1.97. The van der Waals surface area contributed by atoms with Crippen molar-refractivity contribution in [3.05, 3.63) is 226 Å². The van der Waals surface area contributed by atoms with E-state index in [0.717, 1.165) is 94.0 Å². The Morgan fingerprint density at radius 3 is 1.38 bits per heavy atom. The summed E-state index contributed by atoms with van der Waals surface area (Å²) in [6, 6.07) is 60.5. The zero-order valence-electron chi connectivity index (χ0n) is 34.3. The molecular formula is C57H38N4O2. The fourth-order valence-electron chi connectivity index (χ4n) is 9.20. The van der Waals surface area contributed by atoms with Gasteiger partial charge in [0.2, 0.25) is 0 Å². The Hall–Kier alpha value is -8.66. The van der Waals surface area contributed by atoms with E-state index in [-0.39, 0.29) is 11.1 Å². The second-order valence-electron chi connectivity index (χ2n) is 15.6. The van der Waals surface area contributed by atoms with E-state index in [1.807, 2.05) is 151 Å². The average molecular weight is 811 g/mol. The van der Waals surface area contributed by atoms with Gasteiger partial charge in [0.05, 0.1) is 22.1 Å². The Kier molecular flexibility index (Phi) is 8.96. The zero-order chi connectivity index (χ0) is 42.6. The molecule has 3 heterocycles. The SMILES string of the molecule is C#C/C(=C\C=C/C)c1cc2c(cc1Nc1ccc(-n3c(=O)c4ccccc4c4ccccc43)cc1)c1ccccc1n2-c1ccc(-n2c(=O)c3ccccc3c3ccccc32)cc1. The monoisotopic (exact) mass is 810 g/mol. The quantitative estimate of drug-likeness (QED) is 0.0991. The molecule has 11 aromatic rings. The molecule has 0 aliphatic heterocycles. The van der Waals surface area contributed by atoms with Gasteiger partial charge >= 0.3 is 0 Å². The van der Waals surface area contributed by atoms with Gasteiger partial charge in [-0.15, -0.1) is 6.42 Å². The summed E-state index contributed by atoms with van der Waals surface area (Å²) in [5.74, 6) is 2.95. The number of rotatable bonds is 7. The lowest BCUT2D eigenvalue weighted by molar-refractivity contribution is 1.05. The molecule has 0 spiro atoms. The molecule has 0 bridgehead atoms. The molecule has 63 heavy (non-hydrogen) atoms. The van der Waals surface area contributed by atoms with E-state index in [9.17, 15) is 9.59 Å². The number of hydrogen-bond donors (Lipinski definition) is 1. The predicted molar refractivity (Wildman–Crippen MR) is 263 cm³/mol. The summed E-state index contributed by atoms with van der Waals surface area (Å²) in [7, 11) is 0. The van der Waals surface area contributed by atoms with Crippen LogP contribution in [-0.2, 0) is 0 Å². The molecule has 0 amide bonds. The Morgan fingerprint density at radius 1 is 0.476 bits per heavy atom. The number of anilines is 2. The normalized spacial score (nSPS) is 12.0. The molecule has 8 aromatic carbocycles. The summed E-state index contributed by atoms with van der Waals surface area (Å²) in [5, 5.41) is 11.1. The van der Waals surface area contributed by atoms with Gasteiger partial charge in [-0.25, -0.2) is 0 Å². The summed E-state index contributed by atoms with van der Waals surface area (Å²) in [6.07, 6.45) is 12.1. The minimum Gasteiger partial charge on any atom is -0.355 e. The molecule has 6 nitrogen and oxygen atoms in total. The van der Waals surface area contributed by atoms with E-state index in [2.05, 4.69) is 76.5 Å². The Morgan fingerprint density at radius 2 is 0.889 bits per heavy atom. The van der Waals surface area contributed by atoms with Crippen molar-refractivity contribution >= 4 is 82.1 Å². The van der Waals surface area contributed by atoms with Crippen LogP contribution in [0.4, 0.5) is 11.4 Å². The lowest BCUT2D eigenvalue weighted by Crippen LogP contribution is -2.19. The van der Waals surface area contributed by atoms with Gasteiger partial charge < -0.3 is 9.88 Å². The Labute approximate surface area is 362 Å². The molecule has 0 aliphatic carbocycles. The van der Waals surface area contributed by atoms with E-state index in [1.165, 1.54) is 0 Å². The minimum absolute atomic E-state index is 0.0564. The molecule has 0 saturated heterocycles. The molecule has 0 fully saturated rings. The molecule has 0 saturated carbocycles. The standard InChI is InChI=1S/C57H38N4O2/c1-3-5-16-37(4-2)49-36-55-50(35-51(49)58-38-27-29-40(30-28-38)60-53-25-14-10-19-44(53)42-17-6-8-22-47(42)56(60)62)46-21-12-13-24-52(46)59(55)39-31-33-41(34-32-39)61-54-26-15-11-20-45(54)43-18-7-9-23-48(43)57(61)63/h2-3,5-36,58H,1H3/b5-3-,37-16+. The maximum absolute atomic E-state index is 14.1. The van der Waals surface area contributed by atoms with Gasteiger partial charge in [0, 0.05) is 71.9 Å². The molecule has 0 unspecified atom stereocenters.